The van der Waals surface area contributed by atoms with Crippen molar-refractivity contribution in [3.63, 3.8) is 0 Å². The van der Waals surface area contributed by atoms with Crippen LogP contribution in [0.25, 0.3) is 0 Å². The zero-order chi connectivity index (χ0) is 14.3. The van der Waals surface area contributed by atoms with Gasteiger partial charge in [-0.15, -0.1) is 0 Å². The predicted octanol–water partition coefficient (Wildman–Crippen LogP) is 2.29. The van der Waals surface area contributed by atoms with Crippen molar-refractivity contribution in [1.29, 1.82) is 0 Å². The predicted molar refractivity (Wildman–Crippen MR) is 51.2 cm³/mol. The van der Waals surface area contributed by atoms with Gasteiger partial charge in [0, 0.05) is 0 Å². The second-order valence-electron chi connectivity index (χ2n) is 3.33. The van der Waals surface area contributed by atoms with Crippen molar-refractivity contribution in [2.45, 2.75) is 18.0 Å². The highest BCUT2D eigenvalue weighted by molar-refractivity contribution is 7.85. The van der Waals surface area contributed by atoms with Gasteiger partial charge >= 0.3 is 6.18 Å². The van der Waals surface area contributed by atoms with Crippen molar-refractivity contribution in [3.05, 3.63) is 29.1 Å². The molecular weight excluding hydrogens is 280 g/mol. The van der Waals surface area contributed by atoms with Crippen LogP contribution in [0.5, 0.6) is 0 Å². The number of benzene rings is 1. The quantitative estimate of drug-likeness (QED) is 0.514. The number of alkyl halides is 3. The molecule has 0 atom stereocenters. The molecule has 0 aliphatic rings. The molecule has 18 heavy (non-hydrogen) atoms. The first-order valence-corrected chi connectivity index (χ1v) is 5.78. The van der Waals surface area contributed by atoms with Gasteiger partial charge in [-0.2, -0.15) is 21.6 Å². The first-order valence-electron chi connectivity index (χ1n) is 4.34. The van der Waals surface area contributed by atoms with Gasteiger partial charge in [-0.25, -0.2) is 4.39 Å². The summed E-state index contributed by atoms with van der Waals surface area (Å²) in [5, 5.41) is 0. The Morgan fingerprint density at radius 1 is 1.28 bits per heavy atom. The highest BCUT2D eigenvalue weighted by Gasteiger charge is 2.37. The Kier molecular flexibility index (Phi) is 3.50. The molecule has 9 heteroatoms. The molecule has 0 amide bonds. The summed E-state index contributed by atoms with van der Waals surface area (Å²) in [7, 11) is -5.05. The van der Waals surface area contributed by atoms with Gasteiger partial charge in [0.05, 0.1) is 11.1 Å². The number of ketones is 1. The minimum Gasteiger partial charge on any atom is -0.294 e. The normalized spacial score (nSPS) is 12.6. The van der Waals surface area contributed by atoms with Crippen molar-refractivity contribution in [1.82, 2.24) is 0 Å². The van der Waals surface area contributed by atoms with Crippen LogP contribution in [-0.2, 0) is 16.3 Å². The third-order valence-corrected chi connectivity index (χ3v) is 2.91. The third kappa shape index (κ3) is 2.67. The number of hydrogen-bond donors (Lipinski definition) is 1. The summed E-state index contributed by atoms with van der Waals surface area (Å²) < 4.78 is 81.0. The van der Waals surface area contributed by atoms with Gasteiger partial charge in [-0.3, -0.25) is 9.35 Å². The van der Waals surface area contributed by atoms with E-state index in [1.54, 1.807) is 0 Å². The number of halogens is 4. The van der Waals surface area contributed by atoms with Crippen LogP contribution in [-0.4, -0.2) is 18.8 Å². The fourth-order valence-corrected chi connectivity index (χ4v) is 1.91. The molecule has 1 aromatic carbocycles. The van der Waals surface area contributed by atoms with Gasteiger partial charge in [-0.1, -0.05) is 0 Å². The maximum atomic E-state index is 13.6. The molecule has 0 heterocycles. The number of carbonyl (C=O) groups is 1. The lowest BCUT2D eigenvalue weighted by Gasteiger charge is -2.13. The Morgan fingerprint density at radius 3 is 2.11 bits per heavy atom. The van der Waals surface area contributed by atoms with Crippen LogP contribution < -0.4 is 0 Å². The maximum Gasteiger partial charge on any atom is 0.417 e. The van der Waals surface area contributed by atoms with Gasteiger partial charge in [0.2, 0.25) is 0 Å². The Labute approximate surface area is 99.0 Å². The number of Topliss-reactive ketones (excluding diaryl/α,β-unsaturated/α-hetero) is 1. The maximum absolute atomic E-state index is 13.6. The Morgan fingerprint density at radius 2 is 1.78 bits per heavy atom. The minimum atomic E-state index is -5.05. The first-order chi connectivity index (χ1) is 7.96. The summed E-state index contributed by atoms with van der Waals surface area (Å²) in [4.78, 5) is 9.62. The van der Waals surface area contributed by atoms with Crippen LogP contribution >= 0.6 is 0 Å². The summed E-state index contributed by atoms with van der Waals surface area (Å²) in [6, 6.07) is 0.475. The van der Waals surface area contributed by atoms with Crippen LogP contribution in [0.15, 0.2) is 17.0 Å². The molecule has 0 saturated carbocycles. The first kappa shape index (κ1) is 14.6. The Hall–Kier alpha value is -1.48. The number of rotatable bonds is 2. The summed E-state index contributed by atoms with van der Waals surface area (Å²) in [6.07, 6.45) is -5.01. The van der Waals surface area contributed by atoms with Crippen LogP contribution in [0.2, 0.25) is 0 Å². The molecular formula is C9H6F4O4S. The monoisotopic (exact) mass is 286 g/mol. The van der Waals surface area contributed by atoms with Gasteiger partial charge in [-0.05, 0) is 19.1 Å². The fraction of sp³-hybridized carbons (Fsp3) is 0.222. The van der Waals surface area contributed by atoms with E-state index in [2.05, 4.69) is 0 Å². The van der Waals surface area contributed by atoms with Crippen LogP contribution in [0, 0.1) is 5.82 Å². The van der Waals surface area contributed by atoms with Gasteiger partial charge in [0.25, 0.3) is 10.1 Å². The van der Waals surface area contributed by atoms with Crippen LogP contribution in [0.3, 0.4) is 0 Å². The average molecular weight is 286 g/mol. The summed E-state index contributed by atoms with van der Waals surface area (Å²) in [5.41, 5.74) is -3.02. The molecule has 0 aliphatic carbocycles. The highest BCUT2D eigenvalue weighted by Crippen LogP contribution is 2.35. The SMILES string of the molecule is CC(=O)c1c(C(F)(F)F)ccc(S(=O)(=O)O)c1F. The molecule has 0 saturated heterocycles. The van der Waals surface area contributed by atoms with E-state index in [-0.39, 0.29) is 12.1 Å². The van der Waals surface area contributed by atoms with E-state index in [1.165, 1.54) is 0 Å². The van der Waals surface area contributed by atoms with Gasteiger partial charge in [0.15, 0.2) is 11.6 Å². The molecule has 0 radical (unpaired) electrons. The minimum absolute atomic E-state index is 0.225. The molecule has 1 N–H and O–H groups in total. The lowest BCUT2D eigenvalue weighted by Crippen LogP contribution is -2.16. The van der Waals surface area contributed by atoms with Gasteiger partial charge in [0.1, 0.15) is 4.90 Å². The Bertz CT molecular complexity index is 604. The molecule has 0 unspecified atom stereocenters. The molecule has 0 aliphatic heterocycles. The summed E-state index contributed by atoms with van der Waals surface area (Å²) in [6.45, 7) is 0.654. The van der Waals surface area contributed by atoms with Crippen molar-refractivity contribution >= 4 is 15.9 Å². The smallest absolute Gasteiger partial charge is 0.294 e. The topological polar surface area (TPSA) is 71.4 Å². The molecule has 1 aromatic rings. The lowest BCUT2D eigenvalue weighted by atomic mass is 10.0. The summed E-state index contributed by atoms with van der Waals surface area (Å²) in [5.74, 6) is -3.22. The van der Waals surface area contributed by atoms with Crippen LogP contribution in [0.4, 0.5) is 17.6 Å². The second-order valence-corrected chi connectivity index (χ2v) is 4.72. The van der Waals surface area contributed by atoms with E-state index in [9.17, 15) is 30.8 Å². The zero-order valence-electron chi connectivity index (χ0n) is 8.75. The van der Waals surface area contributed by atoms with E-state index < -0.39 is 43.9 Å². The standard InChI is InChI=1S/C9H6F4O4S/c1-4(14)7-5(9(11,12)13)2-3-6(8(7)10)18(15,16)17/h2-3H,1H3,(H,15,16,17). The van der Waals surface area contributed by atoms with Gasteiger partial charge < -0.3 is 0 Å². The third-order valence-electron chi connectivity index (χ3n) is 2.04. The molecule has 0 aromatic heterocycles. The number of carbonyl (C=O) groups excluding carboxylic acids is 1. The van der Waals surface area contributed by atoms with E-state index in [0.29, 0.717) is 6.92 Å². The van der Waals surface area contributed by atoms with Crippen molar-refractivity contribution in [3.8, 4) is 0 Å². The second kappa shape index (κ2) is 4.32. The van der Waals surface area contributed by atoms with Crippen molar-refractivity contribution < 1.29 is 35.3 Å². The lowest BCUT2D eigenvalue weighted by molar-refractivity contribution is -0.138. The number of hydrogen-bond acceptors (Lipinski definition) is 3. The molecule has 4 nitrogen and oxygen atoms in total. The van der Waals surface area contributed by atoms with Crippen molar-refractivity contribution in [2.24, 2.45) is 0 Å². The zero-order valence-corrected chi connectivity index (χ0v) is 9.56. The molecule has 100 valence electrons. The van der Waals surface area contributed by atoms with Crippen LogP contribution in [0.1, 0.15) is 22.8 Å². The molecule has 0 fully saturated rings. The average Bonchev–Trinajstić information content (AvgIpc) is 2.12. The van der Waals surface area contributed by atoms with E-state index in [0.717, 1.165) is 0 Å². The molecule has 0 spiro atoms. The molecule has 1 rings (SSSR count). The van der Waals surface area contributed by atoms with E-state index >= 15 is 0 Å². The fourth-order valence-electron chi connectivity index (χ4n) is 1.34. The van der Waals surface area contributed by atoms with E-state index in [4.69, 9.17) is 4.55 Å². The summed E-state index contributed by atoms with van der Waals surface area (Å²) >= 11 is 0. The Balaban J connectivity index is 3.75. The van der Waals surface area contributed by atoms with Crippen molar-refractivity contribution in [2.75, 3.05) is 0 Å². The highest BCUT2D eigenvalue weighted by atomic mass is 32.2. The largest absolute Gasteiger partial charge is 0.417 e. The van der Waals surface area contributed by atoms with E-state index in [1.807, 2.05) is 0 Å². The molecule has 0 bridgehead atoms.